The lowest BCUT2D eigenvalue weighted by atomic mass is 9.61. The summed E-state index contributed by atoms with van der Waals surface area (Å²) in [6, 6.07) is 14.3. The number of nitriles is 1. The molecule has 0 saturated heterocycles. The van der Waals surface area contributed by atoms with Crippen molar-refractivity contribution in [3.8, 4) is 6.07 Å². The molecule has 0 aromatic heterocycles. The second-order valence-corrected chi connectivity index (χ2v) is 19.4. The number of nitroso groups, excluding NO2 is 3. The number of nitrogens with zero attached hydrogens (tertiary/aromatic N) is 7. The van der Waals surface area contributed by atoms with Crippen LogP contribution in [0.25, 0.3) is 0 Å². The van der Waals surface area contributed by atoms with Gasteiger partial charge in [0, 0.05) is 69.3 Å². The maximum atomic E-state index is 12.4. The van der Waals surface area contributed by atoms with Crippen LogP contribution in [0.5, 0.6) is 0 Å². The number of nitrogens with two attached hydrogens (primary N) is 1. The molecule has 456 valence electrons. The van der Waals surface area contributed by atoms with Gasteiger partial charge in [-0.1, -0.05) is 52.8 Å². The molecule has 0 radical (unpaired) electrons. The van der Waals surface area contributed by atoms with Crippen molar-refractivity contribution >= 4 is 11.4 Å². The van der Waals surface area contributed by atoms with Crippen molar-refractivity contribution < 1.29 is 67.8 Å². The number of aryl methyl sites for hydroxylation is 1. The van der Waals surface area contributed by atoms with Gasteiger partial charge in [0.05, 0.1) is 164 Å². The topological polar surface area (TPSA) is 321 Å². The molecule has 6 N–H and O–H groups in total. The number of rotatable bonds is 51. The van der Waals surface area contributed by atoms with Crippen molar-refractivity contribution in [1.29, 1.82) is 5.26 Å². The summed E-state index contributed by atoms with van der Waals surface area (Å²) in [5.74, 6) is -0.720. The molecule has 25 nitrogen and oxygen atoms in total. The molecule has 7 atom stereocenters. The zero-order valence-corrected chi connectivity index (χ0v) is 47.8. The first-order valence-corrected chi connectivity index (χ1v) is 27.6. The Morgan fingerprint density at radius 2 is 1.09 bits per heavy atom. The van der Waals surface area contributed by atoms with E-state index in [0.29, 0.717) is 25.5 Å². The first-order chi connectivity index (χ1) is 39.4. The summed E-state index contributed by atoms with van der Waals surface area (Å²) in [4.78, 5) is 40.8. The molecule has 3 rings (SSSR count). The highest BCUT2D eigenvalue weighted by molar-refractivity contribution is 5.60. The average Bonchev–Trinajstić information content (AvgIpc) is 3.37. The van der Waals surface area contributed by atoms with Gasteiger partial charge < -0.3 is 88.2 Å². The van der Waals surface area contributed by atoms with E-state index < -0.39 is 35.6 Å². The molecule has 81 heavy (non-hydrogen) atoms. The normalized spacial score (nSPS) is 16.4. The van der Waals surface area contributed by atoms with Crippen LogP contribution in [-0.4, -0.2) is 248 Å². The van der Waals surface area contributed by atoms with E-state index >= 15 is 0 Å². The minimum absolute atomic E-state index is 0.0150. The molecular formula is C56H90N8O17. The summed E-state index contributed by atoms with van der Waals surface area (Å²) >= 11 is 0. The van der Waals surface area contributed by atoms with Crippen molar-refractivity contribution in [3.05, 3.63) is 97.8 Å². The molecule has 0 heterocycles. The molecule has 1 aliphatic carbocycles. The molecule has 2 aromatic rings. The summed E-state index contributed by atoms with van der Waals surface area (Å²) in [7, 11) is 3.89. The van der Waals surface area contributed by atoms with Gasteiger partial charge in [-0.2, -0.15) is 20.0 Å². The van der Waals surface area contributed by atoms with Crippen LogP contribution in [0.4, 0.5) is 11.4 Å². The molecule has 0 bridgehead atoms. The van der Waals surface area contributed by atoms with Crippen LogP contribution >= 0.6 is 0 Å². The van der Waals surface area contributed by atoms with Gasteiger partial charge in [-0.15, -0.1) is 0 Å². The van der Waals surface area contributed by atoms with Crippen molar-refractivity contribution in [1.82, 2.24) is 4.90 Å². The quantitative estimate of drug-likeness (QED) is 0.0469. The molecule has 0 amide bonds. The van der Waals surface area contributed by atoms with E-state index in [9.17, 15) is 25.1 Å². The highest BCUT2D eigenvalue weighted by atomic mass is 16.6. The number of benzene rings is 2. The van der Waals surface area contributed by atoms with Crippen LogP contribution in [0, 0.1) is 44.8 Å². The van der Waals surface area contributed by atoms with Gasteiger partial charge in [-0.3, -0.25) is 0 Å². The first-order valence-electron chi connectivity index (χ1n) is 27.6. The Morgan fingerprint density at radius 3 is 1.56 bits per heavy atom. The Balaban J connectivity index is 2.00. The molecule has 0 fully saturated rings. The van der Waals surface area contributed by atoms with E-state index in [0.717, 1.165) is 28.1 Å². The maximum Gasteiger partial charge on any atom is 0.133 e. The fourth-order valence-corrected chi connectivity index (χ4v) is 9.05. The molecule has 1 aliphatic rings. The third-order valence-corrected chi connectivity index (χ3v) is 12.9. The van der Waals surface area contributed by atoms with Gasteiger partial charge in [0.2, 0.25) is 0 Å². The smallest absolute Gasteiger partial charge is 0.133 e. The van der Waals surface area contributed by atoms with Gasteiger partial charge in [0.15, 0.2) is 0 Å². The van der Waals surface area contributed by atoms with Crippen LogP contribution in [-0.2, 0) is 52.8 Å². The molecule has 25 heteroatoms. The summed E-state index contributed by atoms with van der Waals surface area (Å²) in [6.45, 7) is 8.33. The zero-order valence-electron chi connectivity index (χ0n) is 47.8. The predicted molar refractivity (Wildman–Crippen MR) is 305 cm³/mol. The minimum Gasteiger partial charge on any atom is -0.394 e. The van der Waals surface area contributed by atoms with Crippen LogP contribution in [0.1, 0.15) is 23.6 Å². The fraction of sp³-hybridized carbons (Fsp3) is 0.696. The molecule has 7 unspecified atom stereocenters. The molecule has 0 spiro atoms. The highest BCUT2D eigenvalue weighted by Crippen LogP contribution is 2.47. The Hall–Kier alpha value is -4.99. The largest absolute Gasteiger partial charge is 0.394 e. The molecule has 0 saturated carbocycles. The second kappa shape index (κ2) is 42.8. The molecular weight excluding hydrogens is 1060 g/mol. The highest BCUT2D eigenvalue weighted by Gasteiger charge is 2.46. The van der Waals surface area contributed by atoms with Crippen molar-refractivity contribution in [3.63, 3.8) is 0 Å². The third kappa shape index (κ3) is 26.4. The zero-order chi connectivity index (χ0) is 58.9. The minimum atomic E-state index is -1.27. The average molecular weight is 1150 g/mol. The van der Waals surface area contributed by atoms with Crippen molar-refractivity contribution in [2.24, 2.45) is 33.1 Å². The monoisotopic (exact) mass is 1150 g/mol. The maximum absolute atomic E-state index is 12.4. The summed E-state index contributed by atoms with van der Waals surface area (Å²) in [5, 5.41) is 59.7. The van der Waals surface area contributed by atoms with Gasteiger partial charge in [0.1, 0.15) is 24.0 Å². The van der Waals surface area contributed by atoms with E-state index in [-0.39, 0.29) is 171 Å². The number of hydrogen-bond donors (Lipinski definition) is 5. The lowest BCUT2D eigenvalue weighted by Gasteiger charge is -2.41. The molecule has 2 aromatic carbocycles. The Bertz CT molecular complexity index is 2110. The number of allylic oxidation sites excluding steroid dienone is 3. The summed E-state index contributed by atoms with van der Waals surface area (Å²) < 4.78 is 55.3. The van der Waals surface area contributed by atoms with E-state index in [1.807, 2.05) is 97.3 Å². The Labute approximate surface area is 477 Å². The van der Waals surface area contributed by atoms with E-state index in [1.165, 1.54) is 0 Å². The fourth-order valence-electron chi connectivity index (χ4n) is 9.05. The number of aliphatic hydroxyl groups is 4. The third-order valence-electron chi connectivity index (χ3n) is 12.9. The molecule has 0 aliphatic heterocycles. The van der Waals surface area contributed by atoms with Crippen LogP contribution < -0.4 is 15.5 Å². The lowest BCUT2D eigenvalue weighted by Crippen LogP contribution is -2.45. The number of ether oxygens (including phenoxy) is 10. The van der Waals surface area contributed by atoms with E-state index in [4.69, 9.17) is 68.4 Å². The number of hydrogen-bond acceptors (Lipinski definition) is 25. The van der Waals surface area contributed by atoms with Crippen molar-refractivity contribution in [2.75, 3.05) is 209 Å². The van der Waals surface area contributed by atoms with Crippen molar-refractivity contribution in [2.45, 2.75) is 43.5 Å². The van der Waals surface area contributed by atoms with E-state index in [2.05, 4.69) is 27.7 Å². The standard InChI is InChI=1S/C56H90N8O17/c1-44-33-51(63(36-48(60-70)40-79-30-25-74-19-15-66)35-47(58)39-78-29-27-77-24-22-73-18-14-65)9-11-54(44)56(43-57,46-5-7-50(8-6-46)62(3)4)55-12-10-52(34-45(55)2)64(38-53(68)42-81-32-26-75-20-16-67)37-49(61-71)41-80-31-28-76-23-21-72-17-13-59-69/h5-12,33-34,44,47-49,53-54,65-68H,13-32,35-42,58H2,1-4H3. The van der Waals surface area contributed by atoms with Crippen LogP contribution in [0.15, 0.2) is 81.9 Å². The van der Waals surface area contributed by atoms with Gasteiger partial charge in [-0.05, 0) is 59.9 Å². The lowest BCUT2D eigenvalue weighted by molar-refractivity contribution is -0.000293. The van der Waals surface area contributed by atoms with Gasteiger partial charge >= 0.3 is 0 Å². The number of anilines is 2. The van der Waals surface area contributed by atoms with Gasteiger partial charge in [0.25, 0.3) is 0 Å². The van der Waals surface area contributed by atoms with Crippen LogP contribution in [0.3, 0.4) is 0 Å². The SMILES string of the molecule is Cc1cc(N(CC(O)COCCOCCO)CC(COCCOCCOCCN=O)N=O)ccc1C(C#N)(c1ccc(N(C)C)cc1)C1C=CC(N(CC(N)COCCOCCOCCO)CC(COCCOCCO)N=O)=CC1C. The Morgan fingerprint density at radius 1 is 0.617 bits per heavy atom. The van der Waals surface area contributed by atoms with E-state index in [1.54, 1.807) is 0 Å². The number of aliphatic hydroxyl groups excluding tert-OH is 4. The second-order valence-electron chi connectivity index (χ2n) is 19.4. The van der Waals surface area contributed by atoms with Crippen LogP contribution in [0.2, 0.25) is 0 Å². The first kappa shape index (κ1) is 70.3. The van der Waals surface area contributed by atoms with Gasteiger partial charge in [-0.25, -0.2) is 0 Å². The Kier molecular flexibility index (Phi) is 37.1. The summed E-state index contributed by atoms with van der Waals surface area (Å²) in [6.07, 6.45) is 5.07. The summed E-state index contributed by atoms with van der Waals surface area (Å²) in [5.41, 5.74) is 10.1. The predicted octanol–water partition coefficient (Wildman–Crippen LogP) is 2.55.